The molecule has 0 radical (unpaired) electrons. The molecule has 0 bridgehead atoms. The van der Waals surface area contributed by atoms with Crippen LogP contribution >= 0.6 is 0 Å². The number of amides is 1. The molecule has 1 aromatic carbocycles. The summed E-state index contributed by atoms with van der Waals surface area (Å²) in [5.74, 6) is 1.52. The standard InChI is InChI=1S/C19H24N4O/c1-2-16(15-8-4-3-5-9-15)19(24)21-14-17-20-11-10-18(22-17)23-12-6-7-13-23/h3-5,8-11,16H,2,6-7,12-14H2,1H3,(H,21,24). The van der Waals surface area contributed by atoms with Gasteiger partial charge in [-0.05, 0) is 30.9 Å². The first-order chi connectivity index (χ1) is 11.8. The minimum absolute atomic E-state index is 0.0267. The summed E-state index contributed by atoms with van der Waals surface area (Å²) >= 11 is 0. The van der Waals surface area contributed by atoms with Crippen LogP contribution in [0.15, 0.2) is 42.6 Å². The topological polar surface area (TPSA) is 58.1 Å². The molecular formula is C19H24N4O. The Morgan fingerprint density at radius 3 is 2.67 bits per heavy atom. The van der Waals surface area contributed by atoms with Gasteiger partial charge >= 0.3 is 0 Å². The van der Waals surface area contributed by atoms with Gasteiger partial charge in [-0.2, -0.15) is 0 Å². The zero-order valence-corrected chi connectivity index (χ0v) is 14.1. The van der Waals surface area contributed by atoms with E-state index in [0.717, 1.165) is 30.9 Å². The van der Waals surface area contributed by atoms with Gasteiger partial charge in [0.1, 0.15) is 11.6 Å². The third-order valence-electron chi connectivity index (χ3n) is 4.47. The molecular weight excluding hydrogens is 300 g/mol. The molecule has 126 valence electrons. The van der Waals surface area contributed by atoms with Crippen LogP contribution in [0.5, 0.6) is 0 Å². The summed E-state index contributed by atoms with van der Waals surface area (Å²) in [6, 6.07) is 11.8. The summed E-state index contributed by atoms with van der Waals surface area (Å²) in [5.41, 5.74) is 1.05. The number of nitrogens with one attached hydrogen (secondary N) is 1. The normalized spacial score (nSPS) is 15.3. The molecule has 1 atom stereocenters. The van der Waals surface area contributed by atoms with Crippen molar-refractivity contribution in [2.75, 3.05) is 18.0 Å². The average molecular weight is 324 g/mol. The second-order valence-electron chi connectivity index (χ2n) is 6.11. The van der Waals surface area contributed by atoms with Crippen LogP contribution in [0.2, 0.25) is 0 Å². The first-order valence-electron chi connectivity index (χ1n) is 8.67. The molecule has 2 aromatic rings. The van der Waals surface area contributed by atoms with Crippen molar-refractivity contribution >= 4 is 11.7 Å². The van der Waals surface area contributed by atoms with Gasteiger partial charge in [-0.25, -0.2) is 9.97 Å². The smallest absolute Gasteiger partial charge is 0.227 e. The van der Waals surface area contributed by atoms with Gasteiger partial charge in [0.15, 0.2) is 0 Å². The Morgan fingerprint density at radius 2 is 1.96 bits per heavy atom. The quantitative estimate of drug-likeness (QED) is 0.887. The lowest BCUT2D eigenvalue weighted by Gasteiger charge is -2.17. The lowest BCUT2D eigenvalue weighted by Crippen LogP contribution is -2.29. The van der Waals surface area contributed by atoms with Crippen LogP contribution in [0.4, 0.5) is 5.82 Å². The van der Waals surface area contributed by atoms with Crippen molar-refractivity contribution in [3.05, 3.63) is 54.0 Å². The Labute approximate surface area is 143 Å². The van der Waals surface area contributed by atoms with Gasteiger partial charge in [-0.1, -0.05) is 37.3 Å². The van der Waals surface area contributed by atoms with Gasteiger partial charge < -0.3 is 10.2 Å². The molecule has 1 saturated heterocycles. The third-order valence-corrected chi connectivity index (χ3v) is 4.47. The molecule has 0 aliphatic carbocycles. The number of hydrogen-bond donors (Lipinski definition) is 1. The molecule has 1 amide bonds. The van der Waals surface area contributed by atoms with Gasteiger partial charge in [0, 0.05) is 19.3 Å². The fourth-order valence-corrected chi connectivity index (χ4v) is 3.14. The van der Waals surface area contributed by atoms with Crippen molar-refractivity contribution in [3.63, 3.8) is 0 Å². The molecule has 1 fully saturated rings. The van der Waals surface area contributed by atoms with Crippen LogP contribution in [0.25, 0.3) is 0 Å². The minimum atomic E-state index is -0.132. The largest absolute Gasteiger partial charge is 0.357 e. The number of carbonyl (C=O) groups excluding carboxylic acids is 1. The molecule has 3 rings (SSSR count). The molecule has 1 aliphatic heterocycles. The fourth-order valence-electron chi connectivity index (χ4n) is 3.14. The summed E-state index contributed by atoms with van der Waals surface area (Å²) in [4.78, 5) is 23.7. The molecule has 1 N–H and O–H groups in total. The molecule has 0 saturated carbocycles. The van der Waals surface area contributed by atoms with Crippen molar-refractivity contribution in [2.24, 2.45) is 0 Å². The highest BCUT2D eigenvalue weighted by Gasteiger charge is 2.19. The summed E-state index contributed by atoms with van der Waals surface area (Å²) < 4.78 is 0. The zero-order valence-electron chi connectivity index (χ0n) is 14.1. The van der Waals surface area contributed by atoms with E-state index in [9.17, 15) is 4.79 Å². The van der Waals surface area contributed by atoms with E-state index in [1.165, 1.54) is 12.8 Å². The Morgan fingerprint density at radius 1 is 1.21 bits per heavy atom. The maximum atomic E-state index is 12.5. The highest BCUT2D eigenvalue weighted by Crippen LogP contribution is 2.20. The van der Waals surface area contributed by atoms with E-state index in [4.69, 9.17) is 0 Å². The molecule has 5 nitrogen and oxygen atoms in total. The molecule has 1 aromatic heterocycles. The van der Waals surface area contributed by atoms with Crippen molar-refractivity contribution in [2.45, 2.75) is 38.6 Å². The van der Waals surface area contributed by atoms with Gasteiger partial charge in [0.05, 0.1) is 12.5 Å². The van der Waals surface area contributed by atoms with E-state index >= 15 is 0 Å². The highest BCUT2D eigenvalue weighted by atomic mass is 16.1. The second kappa shape index (κ2) is 7.90. The zero-order chi connectivity index (χ0) is 16.8. The number of benzene rings is 1. The summed E-state index contributed by atoms with van der Waals surface area (Å²) in [6.45, 7) is 4.50. The van der Waals surface area contributed by atoms with Gasteiger partial charge in [0.2, 0.25) is 5.91 Å². The van der Waals surface area contributed by atoms with Crippen molar-refractivity contribution < 1.29 is 4.79 Å². The van der Waals surface area contributed by atoms with Crippen LogP contribution in [0.3, 0.4) is 0 Å². The minimum Gasteiger partial charge on any atom is -0.357 e. The van der Waals surface area contributed by atoms with E-state index in [1.807, 2.05) is 43.3 Å². The first kappa shape index (κ1) is 16.4. The van der Waals surface area contributed by atoms with E-state index in [0.29, 0.717) is 12.4 Å². The van der Waals surface area contributed by atoms with Crippen molar-refractivity contribution in [1.29, 1.82) is 0 Å². The molecule has 2 heterocycles. The van der Waals surface area contributed by atoms with Gasteiger partial charge in [-0.3, -0.25) is 4.79 Å². The number of aromatic nitrogens is 2. The van der Waals surface area contributed by atoms with Crippen LogP contribution in [0, 0.1) is 0 Å². The SMILES string of the molecule is CCC(C(=O)NCc1nccc(N2CCCC2)n1)c1ccccc1. The van der Waals surface area contributed by atoms with Crippen molar-refractivity contribution in [3.8, 4) is 0 Å². The lowest BCUT2D eigenvalue weighted by atomic mass is 9.96. The predicted octanol–water partition coefficient (Wildman–Crippen LogP) is 2.89. The third kappa shape index (κ3) is 3.91. The van der Waals surface area contributed by atoms with Gasteiger partial charge in [0.25, 0.3) is 0 Å². The Kier molecular flexibility index (Phi) is 5.41. The van der Waals surface area contributed by atoms with Gasteiger partial charge in [-0.15, -0.1) is 0 Å². The highest BCUT2D eigenvalue weighted by molar-refractivity contribution is 5.83. The molecule has 5 heteroatoms. The van der Waals surface area contributed by atoms with Crippen molar-refractivity contribution in [1.82, 2.24) is 15.3 Å². The number of hydrogen-bond acceptors (Lipinski definition) is 4. The maximum absolute atomic E-state index is 12.5. The van der Waals surface area contributed by atoms with E-state index in [-0.39, 0.29) is 11.8 Å². The average Bonchev–Trinajstić information content (AvgIpc) is 3.16. The summed E-state index contributed by atoms with van der Waals surface area (Å²) in [5, 5.41) is 2.98. The monoisotopic (exact) mass is 324 g/mol. The molecule has 1 aliphatic rings. The fraction of sp³-hybridized carbons (Fsp3) is 0.421. The van der Waals surface area contributed by atoms with Crippen LogP contribution in [-0.4, -0.2) is 29.0 Å². The van der Waals surface area contributed by atoms with E-state index < -0.39 is 0 Å². The molecule has 1 unspecified atom stereocenters. The number of rotatable bonds is 6. The summed E-state index contributed by atoms with van der Waals surface area (Å²) in [6.07, 6.45) is 4.97. The predicted molar refractivity (Wildman–Crippen MR) is 94.8 cm³/mol. The Hall–Kier alpha value is -2.43. The van der Waals surface area contributed by atoms with Crippen LogP contribution in [-0.2, 0) is 11.3 Å². The van der Waals surface area contributed by atoms with Crippen LogP contribution < -0.4 is 10.2 Å². The Balaban J connectivity index is 1.62. The number of nitrogens with zero attached hydrogens (tertiary/aromatic N) is 3. The number of carbonyl (C=O) groups is 1. The second-order valence-corrected chi connectivity index (χ2v) is 6.11. The van der Waals surface area contributed by atoms with Crippen LogP contribution in [0.1, 0.15) is 43.5 Å². The Bertz CT molecular complexity index is 668. The number of anilines is 1. The lowest BCUT2D eigenvalue weighted by molar-refractivity contribution is -0.122. The first-order valence-corrected chi connectivity index (χ1v) is 8.67. The summed E-state index contributed by atoms with van der Waals surface area (Å²) in [7, 11) is 0. The molecule has 0 spiro atoms. The maximum Gasteiger partial charge on any atom is 0.227 e. The molecule has 24 heavy (non-hydrogen) atoms. The van der Waals surface area contributed by atoms with E-state index in [1.54, 1.807) is 6.20 Å². The van der Waals surface area contributed by atoms with E-state index in [2.05, 4.69) is 20.2 Å².